The molecule has 3 rings (SSSR count). The van der Waals surface area contributed by atoms with Gasteiger partial charge >= 0.3 is 0 Å². The topological polar surface area (TPSA) is 60.2 Å². The third-order valence-corrected chi connectivity index (χ3v) is 3.77. The molecule has 0 aliphatic heterocycles. The first-order valence-electron chi connectivity index (χ1n) is 6.69. The molecule has 0 saturated heterocycles. The number of rotatable bonds is 4. The molecule has 4 heteroatoms. The van der Waals surface area contributed by atoms with Gasteiger partial charge in [-0.25, -0.2) is 0 Å². The van der Waals surface area contributed by atoms with Crippen molar-refractivity contribution in [3.05, 3.63) is 88.0 Å². The maximum atomic E-state index is 12.6. The molecule has 0 bridgehead atoms. The van der Waals surface area contributed by atoms with Crippen molar-refractivity contribution in [1.29, 1.82) is 0 Å². The van der Waals surface area contributed by atoms with Gasteiger partial charge in [0.05, 0.1) is 16.4 Å². The van der Waals surface area contributed by atoms with Gasteiger partial charge in [-0.1, -0.05) is 54.6 Å². The van der Waals surface area contributed by atoms with Gasteiger partial charge in [0.2, 0.25) is 0 Å². The van der Waals surface area contributed by atoms with Gasteiger partial charge in [-0.05, 0) is 11.6 Å². The third kappa shape index (κ3) is 2.36. The van der Waals surface area contributed by atoms with Crippen molar-refractivity contribution >= 4 is 11.5 Å². The van der Waals surface area contributed by atoms with Crippen LogP contribution in [0.4, 0.5) is 5.69 Å². The van der Waals surface area contributed by atoms with Crippen molar-refractivity contribution in [1.82, 2.24) is 0 Å². The molecular weight excluding hydrogens is 266 g/mol. The lowest BCUT2D eigenvalue weighted by Gasteiger charge is -2.28. The van der Waals surface area contributed by atoms with Crippen LogP contribution in [0.25, 0.3) is 0 Å². The first-order valence-corrected chi connectivity index (χ1v) is 6.69. The van der Waals surface area contributed by atoms with Crippen LogP contribution in [0.15, 0.2) is 66.7 Å². The number of ketones is 1. The van der Waals surface area contributed by atoms with Crippen molar-refractivity contribution in [2.24, 2.45) is 5.92 Å². The van der Waals surface area contributed by atoms with Crippen LogP contribution in [-0.4, -0.2) is 10.7 Å². The summed E-state index contributed by atoms with van der Waals surface area (Å²) >= 11 is 0. The zero-order valence-electron chi connectivity index (χ0n) is 11.2. The Balaban J connectivity index is 1.91. The highest BCUT2D eigenvalue weighted by Gasteiger charge is 2.35. The molecule has 0 aromatic heterocycles. The summed E-state index contributed by atoms with van der Waals surface area (Å²) in [4.78, 5) is 23.1. The smallest absolute Gasteiger partial charge is 0.280 e. The molecule has 2 atom stereocenters. The fraction of sp³-hybridized carbons (Fsp3) is 0.118. The van der Waals surface area contributed by atoms with E-state index in [1.54, 1.807) is 12.1 Å². The monoisotopic (exact) mass is 279 g/mol. The lowest BCUT2D eigenvalue weighted by Crippen LogP contribution is -2.26. The molecule has 2 aromatic carbocycles. The Labute approximate surface area is 121 Å². The quantitative estimate of drug-likeness (QED) is 0.370. The number of carbonyl (C=O) groups is 1. The minimum Gasteiger partial charge on any atom is -0.293 e. The number of allylic oxidation sites excluding steroid dienone is 2. The summed E-state index contributed by atoms with van der Waals surface area (Å²) in [6, 6.07) is 15.8. The van der Waals surface area contributed by atoms with Crippen LogP contribution >= 0.6 is 0 Å². The fourth-order valence-corrected chi connectivity index (χ4v) is 2.60. The molecule has 1 aliphatic rings. The number of hydrogen-bond donors (Lipinski definition) is 0. The van der Waals surface area contributed by atoms with Crippen molar-refractivity contribution in [3.8, 4) is 0 Å². The van der Waals surface area contributed by atoms with Gasteiger partial charge in [0, 0.05) is 12.0 Å². The summed E-state index contributed by atoms with van der Waals surface area (Å²) in [5.74, 6) is -0.523. The molecule has 2 aromatic rings. The third-order valence-electron chi connectivity index (χ3n) is 3.77. The van der Waals surface area contributed by atoms with Crippen LogP contribution in [0.5, 0.6) is 0 Å². The van der Waals surface area contributed by atoms with Crippen LogP contribution in [0.1, 0.15) is 21.8 Å². The Morgan fingerprint density at radius 3 is 2.24 bits per heavy atom. The fourth-order valence-electron chi connectivity index (χ4n) is 2.60. The molecule has 0 saturated carbocycles. The molecule has 0 radical (unpaired) electrons. The lowest BCUT2D eigenvalue weighted by atomic mass is 9.73. The summed E-state index contributed by atoms with van der Waals surface area (Å²) in [6.45, 7) is 0. The average molecular weight is 279 g/mol. The van der Waals surface area contributed by atoms with Gasteiger partial charge < -0.3 is 0 Å². The van der Waals surface area contributed by atoms with Crippen molar-refractivity contribution in [3.63, 3.8) is 0 Å². The molecule has 1 aliphatic carbocycles. The van der Waals surface area contributed by atoms with Gasteiger partial charge in [-0.2, -0.15) is 0 Å². The Kier molecular flexibility index (Phi) is 3.36. The highest BCUT2D eigenvalue weighted by atomic mass is 16.6. The highest BCUT2D eigenvalue weighted by molar-refractivity contribution is 6.03. The maximum Gasteiger partial charge on any atom is 0.280 e. The Morgan fingerprint density at radius 2 is 1.62 bits per heavy atom. The number of hydrogen-bond acceptors (Lipinski definition) is 3. The molecule has 0 amide bonds. The minimum absolute atomic E-state index is 0.00138. The normalized spacial score (nSPS) is 19.8. The van der Waals surface area contributed by atoms with E-state index in [2.05, 4.69) is 0 Å². The molecular formula is C17H13NO3. The zero-order chi connectivity index (χ0) is 14.8. The minimum atomic E-state index is -0.507. The predicted octanol–water partition coefficient (Wildman–Crippen LogP) is 3.75. The number of Topliss-reactive ketones (excluding diaryl/α,β-unsaturated/α-hetero) is 1. The first-order chi connectivity index (χ1) is 10.2. The Morgan fingerprint density at radius 1 is 0.952 bits per heavy atom. The number of para-hydroxylation sites is 1. The van der Waals surface area contributed by atoms with Gasteiger partial charge in [0.15, 0.2) is 5.78 Å². The zero-order valence-corrected chi connectivity index (χ0v) is 11.2. The van der Waals surface area contributed by atoms with Gasteiger partial charge in [-0.15, -0.1) is 0 Å². The van der Waals surface area contributed by atoms with E-state index in [-0.39, 0.29) is 28.9 Å². The maximum absolute atomic E-state index is 12.6. The first kappa shape index (κ1) is 13.2. The number of nitrogens with zero attached hydrogens (tertiary/aromatic N) is 1. The van der Waals surface area contributed by atoms with Crippen LogP contribution in [0, 0.1) is 16.0 Å². The number of nitro groups is 1. The van der Waals surface area contributed by atoms with Gasteiger partial charge in [0.1, 0.15) is 0 Å². The summed E-state index contributed by atoms with van der Waals surface area (Å²) in [5, 5.41) is 11.0. The van der Waals surface area contributed by atoms with E-state index in [1.165, 1.54) is 12.1 Å². The second-order valence-corrected chi connectivity index (χ2v) is 4.99. The van der Waals surface area contributed by atoms with E-state index in [1.807, 2.05) is 42.5 Å². The average Bonchev–Trinajstić information content (AvgIpc) is 2.47. The van der Waals surface area contributed by atoms with Crippen LogP contribution in [0.3, 0.4) is 0 Å². The van der Waals surface area contributed by atoms with E-state index in [9.17, 15) is 14.9 Å². The SMILES string of the molecule is O=C(c1ccccc1[N+](=O)[O-])[C@@H]1C=C[C@@H]1c1ccccc1. The summed E-state index contributed by atoms with van der Waals surface area (Å²) in [6.07, 6.45) is 3.78. The van der Waals surface area contributed by atoms with Gasteiger partial charge in [0.25, 0.3) is 5.69 Å². The second kappa shape index (κ2) is 5.32. The highest BCUT2D eigenvalue weighted by Crippen LogP contribution is 2.38. The molecule has 0 heterocycles. The van der Waals surface area contributed by atoms with E-state index in [0.29, 0.717) is 0 Å². The molecule has 0 unspecified atom stereocenters. The number of carbonyl (C=O) groups excluding carboxylic acids is 1. The largest absolute Gasteiger partial charge is 0.293 e. The van der Waals surface area contributed by atoms with E-state index < -0.39 is 4.92 Å². The summed E-state index contributed by atoms with van der Waals surface area (Å²) in [7, 11) is 0. The van der Waals surface area contributed by atoms with Crippen molar-refractivity contribution < 1.29 is 9.72 Å². The van der Waals surface area contributed by atoms with Crippen LogP contribution < -0.4 is 0 Å². The van der Waals surface area contributed by atoms with Crippen LogP contribution in [0.2, 0.25) is 0 Å². The summed E-state index contributed by atoms with van der Waals surface area (Å²) in [5.41, 5.74) is 1.10. The summed E-state index contributed by atoms with van der Waals surface area (Å²) < 4.78 is 0. The van der Waals surface area contributed by atoms with E-state index >= 15 is 0 Å². The Bertz CT molecular complexity index is 722. The second-order valence-electron chi connectivity index (χ2n) is 4.99. The van der Waals surface area contributed by atoms with Crippen LogP contribution in [-0.2, 0) is 0 Å². The van der Waals surface area contributed by atoms with Gasteiger partial charge in [-0.3, -0.25) is 14.9 Å². The number of nitro benzene ring substituents is 1. The molecule has 21 heavy (non-hydrogen) atoms. The molecule has 0 fully saturated rings. The molecule has 0 spiro atoms. The lowest BCUT2D eigenvalue weighted by molar-refractivity contribution is -0.385. The molecule has 4 nitrogen and oxygen atoms in total. The molecule has 0 N–H and O–H groups in total. The van der Waals surface area contributed by atoms with Crippen molar-refractivity contribution in [2.75, 3.05) is 0 Å². The standard InChI is InChI=1S/C17H13NO3/c19-17(15-8-4-5-9-16(15)18(20)21)14-11-10-13(14)12-6-2-1-3-7-12/h1-11,13-14H/t13-,14-/m1/s1. The van der Waals surface area contributed by atoms with E-state index in [0.717, 1.165) is 5.56 Å². The van der Waals surface area contributed by atoms with E-state index in [4.69, 9.17) is 0 Å². The predicted molar refractivity (Wildman–Crippen MR) is 79.2 cm³/mol. The number of benzene rings is 2. The molecule has 104 valence electrons. The van der Waals surface area contributed by atoms with Crippen molar-refractivity contribution in [2.45, 2.75) is 5.92 Å². The Hall–Kier alpha value is -2.75.